The second-order valence-electron chi connectivity index (χ2n) is 5.10. The second kappa shape index (κ2) is 5.80. The summed E-state index contributed by atoms with van der Waals surface area (Å²) in [6, 6.07) is 3.65. The van der Waals surface area contributed by atoms with E-state index in [1.54, 1.807) is 24.3 Å². The van der Waals surface area contributed by atoms with Crippen LogP contribution in [0, 0.1) is 0 Å². The van der Waals surface area contributed by atoms with Crippen LogP contribution in [0.1, 0.15) is 30.3 Å². The summed E-state index contributed by atoms with van der Waals surface area (Å²) in [5.74, 6) is 8.23. The zero-order chi connectivity index (χ0) is 14.8. The largest absolute Gasteiger partial charge is 0.467 e. The standard InChI is InChI=1S/C13H17N5O2S/c1-17(7-10-3-2-6-20-10)11(19)8-21-13-16-15-12(18(13)14)9-4-5-9/h2-3,6,9H,4-5,7-8,14H2,1H3. The highest BCUT2D eigenvalue weighted by atomic mass is 32.2. The molecule has 2 heterocycles. The molecule has 8 heteroatoms. The summed E-state index contributed by atoms with van der Waals surface area (Å²) in [6.07, 6.45) is 3.83. The number of aromatic nitrogens is 3. The Hall–Kier alpha value is -1.96. The molecule has 7 nitrogen and oxygen atoms in total. The van der Waals surface area contributed by atoms with Gasteiger partial charge in [-0.25, -0.2) is 4.68 Å². The number of nitrogens with two attached hydrogens (primary N) is 1. The fraction of sp³-hybridized carbons (Fsp3) is 0.462. The zero-order valence-corrected chi connectivity index (χ0v) is 12.5. The lowest BCUT2D eigenvalue weighted by Crippen LogP contribution is -2.28. The van der Waals surface area contributed by atoms with Crippen LogP contribution in [0.3, 0.4) is 0 Å². The summed E-state index contributed by atoms with van der Waals surface area (Å²) < 4.78 is 6.73. The number of nitrogen functional groups attached to an aromatic ring is 1. The van der Waals surface area contributed by atoms with Crippen molar-refractivity contribution >= 4 is 17.7 Å². The van der Waals surface area contributed by atoms with Gasteiger partial charge in [-0.2, -0.15) is 0 Å². The average molecular weight is 307 g/mol. The minimum Gasteiger partial charge on any atom is -0.467 e. The number of furan rings is 1. The normalized spacial score (nSPS) is 14.3. The van der Waals surface area contributed by atoms with Gasteiger partial charge in [-0.15, -0.1) is 10.2 Å². The van der Waals surface area contributed by atoms with E-state index >= 15 is 0 Å². The molecule has 21 heavy (non-hydrogen) atoms. The molecule has 0 bridgehead atoms. The third-order valence-electron chi connectivity index (χ3n) is 3.36. The van der Waals surface area contributed by atoms with Crippen molar-refractivity contribution in [2.45, 2.75) is 30.5 Å². The highest BCUT2D eigenvalue weighted by molar-refractivity contribution is 7.99. The van der Waals surface area contributed by atoms with Gasteiger partial charge in [0.25, 0.3) is 0 Å². The van der Waals surface area contributed by atoms with Crippen molar-refractivity contribution in [2.75, 3.05) is 18.6 Å². The summed E-state index contributed by atoms with van der Waals surface area (Å²) in [5, 5.41) is 8.71. The maximum absolute atomic E-state index is 12.1. The molecular formula is C13H17N5O2S. The Morgan fingerprint density at radius 1 is 1.57 bits per heavy atom. The molecule has 1 aliphatic carbocycles. The lowest BCUT2D eigenvalue weighted by Gasteiger charge is -2.15. The predicted molar refractivity (Wildman–Crippen MR) is 78.1 cm³/mol. The first-order valence-corrected chi connectivity index (χ1v) is 7.73. The first-order chi connectivity index (χ1) is 10.1. The molecular weight excluding hydrogens is 290 g/mol. The second-order valence-corrected chi connectivity index (χ2v) is 6.05. The van der Waals surface area contributed by atoms with Gasteiger partial charge in [-0.1, -0.05) is 11.8 Å². The van der Waals surface area contributed by atoms with E-state index in [-0.39, 0.29) is 11.7 Å². The number of hydrogen-bond donors (Lipinski definition) is 1. The first kappa shape index (κ1) is 14.0. The molecule has 0 aliphatic heterocycles. The molecule has 1 aliphatic rings. The minimum absolute atomic E-state index is 0.00706. The molecule has 0 atom stereocenters. The van der Waals surface area contributed by atoms with Crippen molar-refractivity contribution in [1.82, 2.24) is 19.8 Å². The number of carbonyl (C=O) groups excluding carboxylic acids is 1. The Morgan fingerprint density at radius 2 is 2.38 bits per heavy atom. The van der Waals surface area contributed by atoms with Gasteiger partial charge in [0.1, 0.15) is 5.76 Å². The van der Waals surface area contributed by atoms with Gasteiger partial charge in [-0.05, 0) is 25.0 Å². The number of nitrogens with zero attached hydrogens (tertiary/aromatic N) is 4. The maximum Gasteiger partial charge on any atom is 0.233 e. The van der Waals surface area contributed by atoms with E-state index in [4.69, 9.17) is 10.3 Å². The van der Waals surface area contributed by atoms with Gasteiger partial charge in [-0.3, -0.25) is 4.79 Å². The molecule has 2 aromatic rings. The maximum atomic E-state index is 12.1. The molecule has 1 amide bonds. The van der Waals surface area contributed by atoms with Crippen LogP contribution in [-0.2, 0) is 11.3 Å². The van der Waals surface area contributed by atoms with Crippen molar-refractivity contribution in [3.8, 4) is 0 Å². The van der Waals surface area contributed by atoms with E-state index in [0.717, 1.165) is 24.4 Å². The van der Waals surface area contributed by atoms with Crippen LogP contribution < -0.4 is 5.84 Å². The Balaban J connectivity index is 1.53. The van der Waals surface area contributed by atoms with Crippen LogP contribution in [0.25, 0.3) is 0 Å². The lowest BCUT2D eigenvalue weighted by molar-refractivity contribution is -0.127. The van der Waals surface area contributed by atoms with Crippen molar-refractivity contribution in [1.29, 1.82) is 0 Å². The van der Waals surface area contributed by atoms with Crippen molar-refractivity contribution in [2.24, 2.45) is 0 Å². The Labute approximate surface area is 126 Å². The van der Waals surface area contributed by atoms with E-state index in [2.05, 4.69) is 10.2 Å². The highest BCUT2D eigenvalue weighted by Gasteiger charge is 2.30. The molecule has 3 rings (SSSR count). The average Bonchev–Trinajstić information content (AvgIpc) is 3.06. The number of hydrogen-bond acceptors (Lipinski definition) is 6. The monoisotopic (exact) mass is 307 g/mol. The number of thioether (sulfide) groups is 1. The van der Waals surface area contributed by atoms with Crippen LogP contribution in [-0.4, -0.2) is 38.5 Å². The topological polar surface area (TPSA) is 90.2 Å². The number of amides is 1. The molecule has 0 aromatic carbocycles. The van der Waals surface area contributed by atoms with E-state index in [9.17, 15) is 4.79 Å². The van der Waals surface area contributed by atoms with Gasteiger partial charge in [0.05, 0.1) is 18.6 Å². The third kappa shape index (κ3) is 3.21. The molecule has 112 valence electrons. The summed E-state index contributed by atoms with van der Waals surface area (Å²) >= 11 is 1.30. The molecule has 0 radical (unpaired) electrons. The lowest BCUT2D eigenvalue weighted by atomic mass is 10.4. The molecule has 0 saturated heterocycles. The van der Waals surface area contributed by atoms with Gasteiger partial charge in [0.2, 0.25) is 11.1 Å². The molecule has 0 spiro atoms. The van der Waals surface area contributed by atoms with Gasteiger partial charge >= 0.3 is 0 Å². The third-order valence-corrected chi connectivity index (χ3v) is 4.28. The highest BCUT2D eigenvalue weighted by Crippen LogP contribution is 2.39. The zero-order valence-electron chi connectivity index (χ0n) is 11.7. The van der Waals surface area contributed by atoms with E-state index in [0.29, 0.717) is 17.6 Å². The quantitative estimate of drug-likeness (QED) is 0.637. The van der Waals surface area contributed by atoms with Crippen LogP contribution in [0.4, 0.5) is 0 Å². The Kier molecular flexibility index (Phi) is 3.87. The molecule has 2 aromatic heterocycles. The molecule has 1 fully saturated rings. The Morgan fingerprint density at radius 3 is 3.05 bits per heavy atom. The predicted octanol–water partition coefficient (Wildman–Crippen LogP) is 1.21. The molecule has 0 unspecified atom stereocenters. The summed E-state index contributed by atoms with van der Waals surface area (Å²) in [6.45, 7) is 0.453. The smallest absolute Gasteiger partial charge is 0.233 e. The van der Waals surface area contributed by atoms with Crippen molar-refractivity contribution < 1.29 is 9.21 Å². The van der Waals surface area contributed by atoms with Crippen molar-refractivity contribution in [3.63, 3.8) is 0 Å². The van der Waals surface area contributed by atoms with Crippen LogP contribution in [0.2, 0.25) is 0 Å². The summed E-state index contributed by atoms with van der Waals surface area (Å²) in [4.78, 5) is 13.7. The number of rotatable bonds is 6. The fourth-order valence-electron chi connectivity index (χ4n) is 1.97. The summed E-state index contributed by atoms with van der Waals surface area (Å²) in [5.41, 5.74) is 0. The molecule has 1 saturated carbocycles. The van der Waals surface area contributed by atoms with Crippen LogP contribution in [0.15, 0.2) is 28.0 Å². The van der Waals surface area contributed by atoms with E-state index in [1.807, 2.05) is 6.07 Å². The van der Waals surface area contributed by atoms with Crippen LogP contribution >= 0.6 is 11.8 Å². The SMILES string of the molecule is CN(Cc1ccco1)C(=O)CSc1nnc(C2CC2)n1N. The minimum atomic E-state index is -0.00706. The van der Waals surface area contributed by atoms with E-state index < -0.39 is 0 Å². The fourth-order valence-corrected chi connectivity index (χ4v) is 2.77. The summed E-state index contributed by atoms with van der Waals surface area (Å²) in [7, 11) is 1.74. The van der Waals surface area contributed by atoms with E-state index in [1.165, 1.54) is 16.4 Å². The van der Waals surface area contributed by atoms with Gasteiger partial charge in [0.15, 0.2) is 5.82 Å². The van der Waals surface area contributed by atoms with Crippen LogP contribution in [0.5, 0.6) is 0 Å². The molecule has 2 N–H and O–H groups in total. The van der Waals surface area contributed by atoms with Crippen molar-refractivity contribution in [3.05, 3.63) is 30.0 Å². The first-order valence-electron chi connectivity index (χ1n) is 6.74. The number of carbonyl (C=O) groups is 1. The van der Waals surface area contributed by atoms with Gasteiger partial charge < -0.3 is 15.2 Å². The van der Waals surface area contributed by atoms with Gasteiger partial charge in [0, 0.05) is 13.0 Å². The Bertz CT molecular complexity index is 621.